The molecule has 0 aliphatic heterocycles. The summed E-state index contributed by atoms with van der Waals surface area (Å²) < 4.78 is 12.4. The molecule has 0 unspecified atom stereocenters. The molecular weight excluding hydrogens is 985 g/mol. The number of aromatic hydroxyl groups is 2. The molecule has 0 saturated carbocycles. The van der Waals surface area contributed by atoms with Gasteiger partial charge >= 0.3 is 11.9 Å². The average molecular weight is 1050 g/mol. The van der Waals surface area contributed by atoms with E-state index in [2.05, 4.69) is 52.3 Å². The summed E-state index contributed by atoms with van der Waals surface area (Å²) in [7, 11) is 1.52. The molecule has 0 spiro atoms. The SMILES string of the molecule is BNC(=O)CCOCCOCCNC(=O)[C@H](CCCCn1cc(CCCC(=O)Nc2nnc(C)s2)nn1)NC(=O)C[C@H](NC(=O)C[C@H](NC(=O)CCC(C)(c1ccc(O)cc1)c1ccc(O)cc1)C(=O)O)C(=O)O. The van der Waals surface area contributed by atoms with Crippen molar-refractivity contribution in [3.05, 3.63) is 76.6 Å². The predicted octanol–water partition coefficient (Wildman–Crippen LogP) is 0.375. The number of unbranched alkanes of at least 4 members (excludes halogenated alkanes) is 1. The maximum atomic E-state index is 13.4. The van der Waals surface area contributed by atoms with Crippen molar-refractivity contribution in [2.24, 2.45) is 0 Å². The number of hydrogen-bond acceptors (Lipinski definition) is 17. The minimum Gasteiger partial charge on any atom is -0.508 e. The molecule has 2 heterocycles. The van der Waals surface area contributed by atoms with E-state index in [0.29, 0.717) is 54.2 Å². The van der Waals surface area contributed by atoms with Crippen molar-refractivity contribution in [1.29, 1.82) is 0 Å². The van der Waals surface area contributed by atoms with Gasteiger partial charge in [-0.2, -0.15) is 0 Å². The summed E-state index contributed by atoms with van der Waals surface area (Å²) in [4.78, 5) is 101. The third kappa shape index (κ3) is 20.9. The number of amides is 6. The van der Waals surface area contributed by atoms with E-state index in [1.165, 1.54) is 43.6 Å². The van der Waals surface area contributed by atoms with E-state index in [1.807, 2.05) is 6.92 Å². The molecule has 4 rings (SSSR count). The lowest BCUT2D eigenvalue weighted by molar-refractivity contribution is -0.145. The number of benzene rings is 2. The first kappa shape index (κ1) is 59.1. The maximum absolute atomic E-state index is 13.4. The van der Waals surface area contributed by atoms with Crippen LogP contribution in [0.4, 0.5) is 5.13 Å². The molecule has 10 N–H and O–H groups in total. The van der Waals surface area contributed by atoms with Crippen LogP contribution in [0.25, 0.3) is 0 Å². The number of hydrogen-bond donors (Lipinski definition) is 10. The van der Waals surface area contributed by atoms with E-state index in [1.54, 1.807) is 42.1 Å². The Morgan fingerprint density at radius 1 is 0.689 bits per heavy atom. The van der Waals surface area contributed by atoms with Crippen molar-refractivity contribution in [2.75, 3.05) is 38.3 Å². The van der Waals surface area contributed by atoms with Crippen LogP contribution in [0.3, 0.4) is 0 Å². The van der Waals surface area contributed by atoms with Crippen molar-refractivity contribution in [3.63, 3.8) is 0 Å². The summed E-state index contributed by atoms with van der Waals surface area (Å²) in [6.45, 7) is 4.73. The molecule has 0 radical (unpaired) electrons. The number of phenolic OH excluding ortho intramolecular Hbond substituents is 2. The van der Waals surface area contributed by atoms with Gasteiger partial charge in [-0.15, -0.1) is 15.3 Å². The molecule has 400 valence electrons. The number of ether oxygens (including phenoxy) is 2. The lowest BCUT2D eigenvalue weighted by Gasteiger charge is -2.31. The number of aromatic nitrogens is 5. The van der Waals surface area contributed by atoms with Crippen molar-refractivity contribution < 1.29 is 68.3 Å². The van der Waals surface area contributed by atoms with Gasteiger partial charge in [-0.1, -0.05) is 47.7 Å². The van der Waals surface area contributed by atoms with Gasteiger partial charge in [0.15, 0.2) is 0 Å². The first-order chi connectivity index (χ1) is 35.3. The first-order valence-corrected chi connectivity index (χ1v) is 24.7. The lowest BCUT2D eigenvalue weighted by atomic mass is 9.73. The van der Waals surface area contributed by atoms with Crippen LogP contribution in [0.5, 0.6) is 11.5 Å². The van der Waals surface area contributed by atoms with Gasteiger partial charge in [0, 0.05) is 44.0 Å². The molecule has 25 nitrogen and oxygen atoms in total. The molecule has 0 fully saturated rings. The lowest BCUT2D eigenvalue weighted by Crippen LogP contribution is -2.51. The highest BCUT2D eigenvalue weighted by atomic mass is 32.1. The van der Waals surface area contributed by atoms with Crippen LogP contribution >= 0.6 is 11.3 Å². The van der Waals surface area contributed by atoms with Gasteiger partial charge < -0.3 is 61.7 Å². The topological polar surface area (TPSA) is 365 Å². The largest absolute Gasteiger partial charge is 0.508 e. The van der Waals surface area contributed by atoms with Gasteiger partial charge in [-0.25, -0.2) is 9.59 Å². The predicted molar refractivity (Wildman–Crippen MR) is 268 cm³/mol. The van der Waals surface area contributed by atoms with E-state index >= 15 is 0 Å². The molecule has 6 amide bonds. The highest BCUT2D eigenvalue weighted by Gasteiger charge is 2.33. The Morgan fingerprint density at radius 3 is 1.84 bits per heavy atom. The van der Waals surface area contributed by atoms with E-state index in [-0.39, 0.29) is 88.4 Å². The minimum absolute atomic E-state index is 0.0197. The number of carbonyl (C=O) groups excluding carboxylic acids is 6. The molecule has 74 heavy (non-hydrogen) atoms. The van der Waals surface area contributed by atoms with Gasteiger partial charge in [-0.05, 0) is 80.8 Å². The number of nitrogens with one attached hydrogen (secondary N) is 6. The standard InChI is InChI=1S/C47H64BN11O14S/c1-29-55-57-46(74-29)53-38(62)8-5-6-32-28-59(58-56-32)21-4-3-7-35(43(67)49-20-23-73-25-24-72-22-18-40(64)54-48)50-41(65)27-37(45(70)71)52-42(66)26-36(44(68)69)51-39(63)17-19-47(2,30-9-13-33(60)14-10-30)31-11-15-34(61)16-12-31/h9-16,28,35-37,60-61H,3-8,17-27,48H2,1-2H3,(H,49,67)(H,50,65)(H,51,63)(H,52,66)(H,54,64)(H,68,69)(H,70,71)(H,53,57,62)/t35-,36-,37-/m0/s1. The number of carbonyl (C=O) groups is 8. The highest BCUT2D eigenvalue weighted by Crippen LogP contribution is 2.38. The minimum atomic E-state index is -1.85. The third-order valence-electron chi connectivity index (χ3n) is 11.6. The van der Waals surface area contributed by atoms with Crippen molar-refractivity contribution in [3.8, 4) is 11.5 Å². The Labute approximate surface area is 431 Å². The van der Waals surface area contributed by atoms with Gasteiger partial charge in [-0.3, -0.25) is 33.4 Å². The quantitative estimate of drug-likeness (QED) is 0.0223. The molecule has 0 saturated heterocycles. The van der Waals surface area contributed by atoms with Crippen molar-refractivity contribution in [2.45, 2.75) is 115 Å². The molecule has 0 bridgehead atoms. The summed E-state index contributed by atoms with van der Waals surface area (Å²) >= 11 is 1.27. The normalized spacial score (nSPS) is 12.4. The van der Waals surface area contributed by atoms with Crippen LogP contribution in [0.15, 0.2) is 54.7 Å². The fourth-order valence-corrected chi connectivity index (χ4v) is 8.02. The second-order valence-electron chi connectivity index (χ2n) is 17.3. The zero-order valence-electron chi connectivity index (χ0n) is 41.5. The number of aryl methyl sites for hydroxylation is 3. The zero-order chi connectivity index (χ0) is 54.0. The van der Waals surface area contributed by atoms with E-state index < -0.39 is 71.9 Å². The average Bonchev–Trinajstić information content (AvgIpc) is 4.00. The summed E-state index contributed by atoms with van der Waals surface area (Å²) in [5.74, 6) is -6.87. The number of rotatable bonds is 34. The molecule has 2 aromatic carbocycles. The van der Waals surface area contributed by atoms with Crippen molar-refractivity contribution >= 4 is 71.8 Å². The first-order valence-electron chi connectivity index (χ1n) is 23.9. The second-order valence-corrected chi connectivity index (χ2v) is 18.5. The number of carboxylic acids is 2. The van der Waals surface area contributed by atoms with E-state index in [4.69, 9.17) is 9.47 Å². The Kier molecular flexibility index (Phi) is 24.3. The fourth-order valence-electron chi connectivity index (χ4n) is 7.42. The Bertz CT molecular complexity index is 2450. The number of aliphatic carboxylic acids is 2. The second kappa shape index (κ2) is 30.5. The van der Waals surface area contributed by atoms with E-state index in [0.717, 1.165) is 5.01 Å². The fraction of sp³-hybridized carbons (Fsp3) is 0.489. The molecule has 0 aliphatic carbocycles. The molecule has 0 aliphatic rings. The van der Waals surface area contributed by atoms with Crippen LogP contribution in [0.2, 0.25) is 0 Å². The number of carboxylic acid groups (broad SMARTS) is 2. The number of phenols is 2. The molecule has 3 atom stereocenters. The molecule has 2 aromatic heterocycles. The van der Waals surface area contributed by atoms with E-state index in [9.17, 15) is 58.8 Å². The maximum Gasteiger partial charge on any atom is 0.326 e. The van der Waals surface area contributed by atoms with Crippen LogP contribution in [0, 0.1) is 6.92 Å². The van der Waals surface area contributed by atoms with Gasteiger partial charge in [0.25, 0.3) is 0 Å². The summed E-state index contributed by atoms with van der Waals surface area (Å²) in [5.41, 5.74) is 1.25. The third-order valence-corrected chi connectivity index (χ3v) is 12.3. The van der Waals surface area contributed by atoms with Gasteiger partial charge in [0.05, 0.1) is 45.0 Å². The van der Waals surface area contributed by atoms with Crippen LogP contribution in [-0.2, 0) is 66.2 Å². The smallest absolute Gasteiger partial charge is 0.326 e. The van der Waals surface area contributed by atoms with Crippen LogP contribution in [0.1, 0.15) is 93.0 Å². The Hall–Kier alpha value is -7.52. The van der Waals surface area contributed by atoms with Crippen LogP contribution in [-0.4, -0.2) is 152 Å². The monoisotopic (exact) mass is 1050 g/mol. The summed E-state index contributed by atoms with van der Waals surface area (Å²) in [6, 6.07) is 7.83. The Morgan fingerprint density at radius 2 is 1.27 bits per heavy atom. The number of nitrogens with zero attached hydrogens (tertiary/aromatic N) is 5. The highest BCUT2D eigenvalue weighted by molar-refractivity contribution is 7.15. The van der Waals surface area contributed by atoms with Gasteiger partial charge in [0.1, 0.15) is 34.6 Å². The Balaban J connectivity index is 1.30. The zero-order valence-corrected chi connectivity index (χ0v) is 42.3. The van der Waals surface area contributed by atoms with Gasteiger partial charge in [0.2, 0.25) is 48.6 Å². The summed E-state index contributed by atoms with van der Waals surface area (Å²) in [5, 5.41) is 71.8. The van der Waals surface area contributed by atoms with Crippen LogP contribution < -0.4 is 31.8 Å². The number of anilines is 1. The summed E-state index contributed by atoms with van der Waals surface area (Å²) in [6.07, 6.45) is 2.35. The molecule has 4 aromatic rings. The van der Waals surface area contributed by atoms with Crippen molar-refractivity contribution in [1.82, 2.24) is 51.7 Å². The molecular formula is C47H64BN11O14S. The molecule has 27 heteroatoms.